The first-order valence-corrected chi connectivity index (χ1v) is 12.3. The highest BCUT2D eigenvalue weighted by molar-refractivity contribution is 8.04. The maximum absolute atomic E-state index is 12.8. The lowest BCUT2D eigenvalue weighted by atomic mass is 10.2. The van der Waals surface area contributed by atoms with Gasteiger partial charge >= 0.3 is 11.9 Å². The summed E-state index contributed by atoms with van der Waals surface area (Å²) in [4.78, 5) is 37.3. The van der Waals surface area contributed by atoms with Gasteiger partial charge in [-0.15, -0.1) is 0 Å². The number of hydrogen-bond acceptors (Lipinski definition) is 9. The molecule has 0 aliphatic carbocycles. The highest BCUT2D eigenvalue weighted by Gasteiger charge is 2.28. The van der Waals surface area contributed by atoms with Crippen molar-refractivity contribution in [2.75, 3.05) is 52.3 Å². The molecule has 0 aromatic heterocycles. The first-order valence-electron chi connectivity index (χ1n) is 9.91. The summed E-state index contributed by atoms with van der Waals surface area (Å²) in [5.41, 5.74) is 0.124. The molecule has 174 valence electrons. The number of nitrogens with zero attached hydrogens (tertiary/aromatic N) is 2. The van der Waals surface area contributed by atoms with Gasteiger partial charge in [0.15, 0.2) is 0 Å². The third-order valence-corrected chi connectivity index (χ3v) is 7.71. The van der Waals surface area contributed by atoms with Crippen molar-refractivity contribution in [2.45, 2.75) is 11.3 Å². The highest BCUT2D eigenvalue weighted by Crippen LogP contribution is 2.28. The van der Waals surface area contributed by atoms with Gasteiger partial charge in [-0.2, -0.15) is 4.31 Å². The summed E-state index contributed by atoms with van der Waals surface area (Å²) in [5, 5.41) is 0.495. The van der Waals surface area contributed by atoms with E-state index >= 15 is 0 Å². The maximum atomic E-state index is 12.8. The summed E-state index contributed by atoms with van der Waals surface area (Å²) in [6, 6.07) is 5.71. The van der Waals surface area contributed by atoms with Crippen LogP contribution < -0.4 is 0 Å². The van der Waals surface area contributed by atoms with E-state index in [-0.39, 0.29) is 48.4 Å². The number of esters is 2. The molecule has 1 aromatic rings. The highest BCUT2D eigenvalue weighted by atomic mass is 32.2. The van der Waals surface area contributed by atoms with Crippen molar-refractivity contribution in [3.63, 3.8) is 0 Å². The van der Waals surface area contributed by atoms with Crippen LogP contribution in [0.15, 0.2) is 40.3 Å². The standard InChI is InChI=1S/C20H24N2O8S2/c1-28-19(24)13-18-22(17(23)14-31-18)6-3-9-30-20(25)15-4-2-5-16(12-15)32(26,27)21-7-10-29-11-8-21/h2,4-5,12-13H,3,6-11,14H2,1H3/b18-13+. The lowest BCUT2D eigenvalue weighted by Gasteiger charge is -2.26. The van der Waals surface area contributed by atoms with Gasteiger partial charge in [0.1, 0.15) is 0 Å². The van der Waals surface area contributed by atoms with Crippen molar-refractivity contribution >= 4 is 39.6 Å². The number of rotatable bonds is 8. The molecular formula is C20H24N2O8S2. The SMILES string of the molecule is COC(=O)/C=C1/SCC(=O)N1CCCOC(=O)c1cccc(S(=O)(=O)N2CCOCC2)c1. The largest absolute Gasteiger partial charge is 0.466 e. The van der Waals surface area contributed by atoms with Gasteiger partial charge in [0.05, 0.1) is 54.2 Å². The molecule has 10 nitrogen and oxygen atoms in total. The molecule has 0 atom stereocenters. The quantitative estimate of drug-likeness (QED) is 0.300. The summed E-state index contributed by atoms with van der Waals surface area (Å²) in [7, 11) is -2.47. The van der Waals surface area contributed by atoms with Crippen LogP contribution in [-0.2, 0) is 33.8 Å². The number of sulfonamides is 1. The van der Waals surface area contributed by atoms with Gasteiger partial charge < -0.3 is 19.1 Å². The van der Waals surface area contributed by atoms with E-state index in [1.807, 2.05) is 0 Å². The minimum absolute atomic E-state index is 0.0196. The summed E-state index contributed by atoms with van der Waals surface area (Å²) < 4.78 is 41.9. The first-order chi connectivity index (χ1) is 15.3. The van der Waals surface area contributed by atoms with Crippen molar-refractivity contribution in [3.8, 4) is 0 Å². The zero-order valence-corrected chi connectivity index (χ0v) is 19.2. The van der Waals surface area contributed by atoms with E-state index in [4.69, 9.17) is 9.47 Å². The Labute approximate surface area is 190 Å². The molecule has 0 spiro atoms. The molecule has 0 N–H and O–H groups in total. The van der Waals surface area contributed by atoms with E-state index in [1.54, 1.807) is 0 Å². The van der Waals surface area contributed by atoms with Crippen LogP contribution in [0.1, 0.15) is 16.8 Å². The molecule has 0 bridgehead atoms. The number of carbonyl (C=O) groups excluding carboxylic acids is 3. The normalized spacial score (nSPS) is 18.7. The molecular weight excluding hydrogens is 460 g/mol. The van der Waals surface area contributed by atoms with E-state index in [9.17, 15) is 22.8 Å². The van der Waals surface area contributed by atoms with Gasteiger partial charge in [0.2, 0.25) is 15.9 Å². The molecule has 1 aromatic carbocycles. The van der Waals surface area contributed by atoms with Crippen LogP contribution in [-0.4, -0.2) is 87.8 Å². The average molecular weight is 485 g/mol. The second-order valence-corrected chi connectivity index (χ2v) is 9.81. The van der Waals surface area contributed by atoms with E-state index in [0.717, 1.165) is 0 Å². The number of methoxy groups -OCH3 is 1. The van der Waals surface area contributed by atoms with Crippen LogP contribution in [0, 0.1) is 0 Å². The molecule has 32 heavy (non-hydrogen) atoms. The fourth-order valence-corrected chi connectivity index (χ4v) is 5.53. The number of benzene rings is 1. The Morgan fingerprint density at radius 3 is 2.72 bits per heavy atom. The van der Waals surface area contributed by atoms with Gasteiger partial charge in [-0.3, -0.25) is 4.79 Å². The van der Waals surface area contributed by atoms with Crippen molar-refractivity contribution in [1.29, 1.82) is 0 Å². The zero-order valence-electron chi connectivity index (χ0n) is 17.5. The number of hydrogen-bond donors (Lipinski definition) is 0. The molecule has 2 aliphatic rings. The Hall–Kier alpha value is -2.41. The summed E-state index contributed by atoms with van der Waals surface area (Å²) in [6.45, 7) is 1.48. The summed E-state index contributed by atoms with van der Waals surface area (Å²) in [5.74, 6) is -1.12. The van der Waals surface area contributed by atoms with E-state index in [2.05, 4.69) is 4.74 Å². The third kappa shape index (κ3) is 5.88. The Kier molecular flexibility index (Phi) is 8.29. The smallest absolute Gasteiger partial charge is 0.338 e. The van der Waals surface area contributed by atoms with Crippen LogP contribution in [0.5, 0.6) is 0 Å². The van der Waals surface area contributed by atoms with Crippen molar-refractivity contribution in [1.82, 2.24) is 9.21 Å². The average Bonchev–Trinajstić information content (AvgIpc) is 3.15. The van der Waals surface area contributed by atoms with E-state index in [0.29, 0.717) is 24.7 Å². The minimum Gasteiger partial charge on any atom is -0.466 e. The van der Waals surface area contributed by atoms with E-state index in [1.165, 1.54) is 58.4 Å². The van der Waals surface area contributed by atoms with Gasteiger partial charge in [0.25, 0.3) is 0 Å². The lowest BCUT2D eigenvalue weighted by molar-refractivity contribution is -0.134. The molecule has 0 saturated carbocycles. The fourth-order valence-electron chi connectivity index (χ4n) is 3.12. The number of carbonyl (C=O) groups is 3. The number of morpholine rings is 1. The monoisotopic (exact) mass is 484 g/mol. The van der Waals surface area contributed by atoms with Crippen LogP contribution >= 0.6 is 11.8 Å². The van der Waals surface area contributed by atoms with Gasteiger partial charge in [-0.1, -0.05) is 17.8 Å². The van der Waals surface area contributed by atoms with E-state index < -0.39 is 22.0 Å². The maximum Gasteiger partial charge on any atom is 0.338 e. The van der Waals surface area contributed by atoms with Crippen LogP contribution in [0.25, 0.3) is 0 Å². The second-order valence-electron chi connectivity index (χ2n) is 6.87. The lowest BCUT2D eigenvalue weighted by Crippen LogP contribution is -2.40. The van der Waals surface area contributed by atoms with Gasteiger partial charge in [0, 0.05) is 19.6 Å². The number of amides is 1. The molecule has 0 unspecified atom stereocenters. The molecule has 1 amide bonds. The predicted molar refractivity (Wildman–Crippen MR) is 115 cm³/mol. The molecule has 2 aliphatic heterocycles. The predicted octanol–water partition coefficient (Wildman–Crippen LogP) is 0.844. The second kappa shape index (κ2) is 10.9. The number of thioether (sulfide) groups is 1. The first kappa shape index (κ1) is 24.2. The van der Waals surface area contributed by atoms with Crippen LogP contribution in [0.2, 0.25) is 0 Å². The summed E-state index contributed by atoms with van der Waals surface area (Å²) in [6.07, 6.45) is 1.60. The Balaban J connectivity index is 1.55. The van der Waals surface area contributed by atoms with Crippen LogP contribution in [0.3, 0.4) is 0 Å². The summed E-state index contributed by atoms with van der Waals surface area (Å²) >= 11 is 1.24. The molecule has 12 heteroatoms. The number of ether oxygens (including phenoxy) is 3. The van der Waals surface area contributed by atoms with Crippen molar-refractivity contribution in [2.24, 2.45) is 0 Å². The molecule has 0 radical (unpaired) electrons. The van der Waals surface area contributed by atoms with Gasteiger partial charge in [-0.25, -0.2) is 18.0 Å². The van der Waals surface area contributed by atoms with Crippen molar-refractivity contribution < 1.29 is 37.0 Å². The molecule has 2 heterocycles. The Morgan fingerprint density at radius 2 is 2.00 bits per heavy atom. The zero-order chi connectivity index (χ0) is 23.1. The third-order valence-electron chi connectivity index (χ3n) is 4.79. The minimum atomic E-state index is -3.72. The molecule has 2 fully saturated rings. The van der Waals surface area contributed by atoms with Crippen molar-refractivity contribution in [3.05, 3.63) is 40.9 Å². The van der Waals surface area contributed by atoms with Crippen LogP contribution in [0.4, 0.5) is 0 Å². The Bertz CT molecular complexity index is 1000. The van der Waals surface area contributed by atoms with Gasteiger partial charge in [-0.05, 0) is 24.6 Å². The molecule has 2 saturated heterocycles. The molecule has 3 rings (SSSR count). The topological polar surface area (TPSA) is 120 Å². The fraction of sp³-hybridized carbons (Fsp3) is 0.450. The Morgan fingerprint density at radius 1 is 1.25 bits per heavy atom.